The van der Waals surface area contributed by atoms with E-state index in [1.807, 2.05) is 0 Å². The highest BCUT2D eigenvalue weighted by Gasteiger charge is 2.18. The molecule has 10 heavy (non-hydrogen) atoms. The van der Waals surface area contributed by atoms with Crippen LogP contribution in [0.15, 0.2) is 25.3 Å². The third-order valence-electron chi connectivity index (χ3n) is 1.05. The van der Waals surface area contributed by atoms with E-state index in [1.54, 1.807) is 0 Å². The van der Waals surface area contributed by atoms with Crippen molar-refractivity contribution in [2.24, 2.45) is 5.73 Å². The largest absolute Gasteiger partial charge is 0.388 e. The molecule has 55 valence electrons. The third kappa shape index (κ3) is 2.03. The van der Waals surface area contributed by atoms with Crippen molar-refractivity contribution in [3.63, 3.8) is 0 Å². The highest BCUT2D eigenvalue weighted by molar-refractivity contribution is 5.92. The molecule has 0 bridgehead atoms. The predicted octanol–water partition coefficient (Wildman–Crippen LogP) is -0.221. The fraction of sp³-hybridized carbons (Fsp3) is 0.143. The monoisotopic (exact) mass is 140 g/mol. The molecule has 0 rings (SSSR count). The van der Waals surface area contributed by atoms with E-state index in [4.69, 9.17) is 10.8 Å². The summed E-state index contributed by atoms with van der Waals surface area (Å²) in [5.74, 6) is -0.614. The van der Waals surface area contributed by atoms with Crippen molar-refractivity contribution in [3.05, 3.63) is 31.2 Å². The topological polar surface area (TPSA) is 63.3 Å². The summed E-state index contributed by atoms with van der Waals surface area (Å²) in [6.45, 7) is 6.59. The van der Waals surface area contributed by atoms with Gasteiger partial charge < -0.3 is 10.8 Å². The molecule has 0 saturated carbocycles. The number of rotatable bonds is 4. The maximum Gasteiger partial charge on any atom is 0.231 e. The highest BCUT2D eigenvalue weighted by atomic mass is 16.3. The Morgan fingerprint density at radius 2 is 2.10 bits per heavy atom. The quantitative estimate of drug-likeness (QED) is 0.530. The summed E-state index contributed by atoms with van der Waals surface area (Å²) >= 11 is 0. The first-order valence-corrected chi connectivity index (χ1v) is 2.73. The lowest BCUT2D eigenvalue weighted by Gasteiger charge is -2.09. The van der Waals surface area contributed by atoms with E-state index in [-0.39, 0.29) is 5.92 Å². The molecule has 1 unspecified atom stereocenters. The molecule has 0 spiro atoms. The van der Waals surface area contributed by atoms with Gasteiger partial charge in [0, 0.05) is 0 Å². The van der Waals surface area contributed by atoms with E-state index < -0.39 is 12.0 Å². The van der Waals surface area contributed by atoms with E-state index in [0.717, 1.165) is 0 Å². The van der Waals surface area contributed by atoms with Gasteiger partial charge in [-0.1, -0.05) is 12.2 Å². The van der Waals surface area contributed by atoms with Gasteiger partial charge in [-0.05, 0) is 0 Å². The summed E-state index contributed by atoms with van der Waals surface area (Å²) in [4.78, 5) is 10.4. The number of aliphatic hydroxyl groups is 1. The van der Waals surface area contributed by atoms with E-state index >= 15 is 0 Å². The van der Waals surface area contributed by atoms with E-state index in [9.17, 15) is 4.79 Å². The van der Waals surface area contributed by atoms with Crippen molar-refractivity contribution in [2.75, 3.05) is 0 Å². The second-order valence-corrected chi connectivity index (χ2v) is 1.70. The minimum Gasteiger partial charge on any atom is -0.388 e. The first-order valence-electron chi connectivity index (χ1n) is 2.73. The fourth-order valence-electron chi connectivity index (χ4n) is 0.494. The Hall–Kier alpha value is -1.09. The van der Waals surface area contributed by atoms with E-state index in [1.165, 1.54) is 12.2 Å². The van der Waals surface area contributed by atoms with Gasteiger partial charge >= 0.3 is 0 Å². The van der Waals surface area contributed by atoms with Crippen molar-refractivity contribution in [1.82, 2.24) is 0 Å². The van der Waals surface area contributed by atoms with Crippen LogP contribution in [-0.4, -0.2) is 17.1 Å². The van der Waals surface area contributed by atoms with Crippen molar-refractivity contribution in [2.45, 2.75) is 6.10 Å². The summed E-state index contributed by atoms with van der Waals surface area (Å²) in [5.41, 5.74) is 4.87. The van der Waals surface area contributed by atoms with Crippen LogP contribution in [0.25, 0.3) is 0 Å². The molecule has 0 aromatic rings. The average Bonchev–Trinajstić information content (AvgIpc) is 1.88. The van der Waals surface area contributed by atoms with Crippen LogP contribution in [0.3, 0.4) is 0 Å². The SMILES string of the molecule is C=C[C](C(N)=O)C(O)C=C. The molecule has 0 aromatic carbocycles. The molecule has 1 radical (unpaired) electrons. The van der Waals surface area contributed by atoms with Gasteiger partial charge in [0.25, 0.3) is 0 Å². The summed E-state index contributed by atoms with van der Waals surface area (Å²) in [5, 5.41) is 8.96. The number of primary amides is 1. The normalized spacial score (nSPS) is 12.6. The number of aliphatic hydroxyl groups excluding tert-OH is 1. The standard InChI is InChI=1S/C7H10NO2/c1-3-5(7(8)10)6(9)4-2/h3-4,6,9H,1-2H2,(H2,8,10). The van der Waals surface area contributed by atoms with Crippen molar-refractivity contribution in [3.8, 4) is 0 Å². The summed E-state index contributed by atoms with van der Waals surface area (Å²) in [6, 6.07) is 0. The second-order valence-electron chi connectivity index (χ2n) is 1.70. The van der Waals surface area contributed by atoms with Gasteiger partial charge in [0.15, 0.2) is 0 Å². The zero-order valence-corrected chi connectivity index (χ0v) is 5.58. The molecule has 0 aliphatic rings. The van der Waals surface area contributed by atoms with Crippen LogP contribution < -0.4 is 5.73 Å². The Labute approximate surface area is 59.8 Å². The van der Waals surface area contributed by atoms with Crippen molar-refractivity contribution < 1.29 is 9.90 Å². The van der Waals surface area contributed by atoms with Crippen LogP contribution in [0.4, 0.5) is 0 Å². The minimum atomic E-state index is -1.00. The molecule has 0 fully saturated rings. The highest BCUT2D eigenvalue weighted by Crippen LogP contribution is 2.06. The second kappa shape index (κ2) is 3.85. The Morgan fingerprint density at radius 1 is 1.60 bits per heavy atom. The van der Waals surface area contributed by atoms with Crippen LogP contribution in [0.5, 0.6) is 0 Å². The number of nitrogens with two attached hydrogens (primary N) is 1. The number of carbonyl (C=O) groups is 1. The third-order valence-corrected chi connectivity index (χ3v) is 1.05. The molecule has 0 aliphatic heterocycles. The lowest BCUT2D eigenvalue weighted by atomic mass is 10.0. The first kappa shape index (κ1) is 8.91. The summed E-state index contributed by atoms with van der Waals surface area (Å²) in [7, 11) is 0. The number of hydrogen-bond acceptors (Lipinski definition) is 2. The van der Waals surface area contributed by atoms with E-state index in [0.29, 0.717) is 0 Å². The molecule has 1 atom stereocenters. The van der Waals surface area contributed by atoms with Gasteiger partial charge in [-0.2, -0.15) is 0 Å². The lowest BCUT2D eigenvalue weighted by molar-refractivity contribution is -0.116. The van der Waals surface area contributed by atoms with Crippen LogP contribution in [0.2, 0.25) is 0 Å². The predicted molar refractivity (Wildman–Crippen MR) is 38.8 cm³/mol. The smallest absolute Gasteiger partial charge is 0.231 e. The first-order chi connectivity index (χ1) is 4.63. The zero-order valence-electron chi connectivity index (χ0n) is 5.58. The van der Waals surface area contributed by atoms with Crippen LogP contribution in [0.1, 0.15) is 0 Å². The van der Waals surface area contributed by atoms with Gasteiger partial charge in [-0.15, -0.1) is 13.2 Å². The zero-order chi connectivity index (χ0) is 8.15. The minimum absolute atomic E-state index is 0.0648. The molecule has 0 heterocycles. The van der Waals surface area contributed by atoms with Gasteiger partial charge in [0.2, 0.25) is 5.91 Å². The molecule has 0 aromatic heterocycles. The maximum atomic E-state index is 10.4. The van der Waals surface area contributed by atoms with Crippen LogP contribution >= 0.6 is 0 Å². The molecule has 0 aliphatic carbocycles. The molecule has 3 heteroatoms. The van der Waals surface area contributed by atoms with Gasteiger partial charge in [-0.3, -0.25) is 4.79 Å². The number of amides is 1. The van der Waals surface area contributed by atoms with Crippen LogP contribution in [0, 0.1) is 5.92 Å². The molecular formula is C7H10NO2. The van der Waals surface area contributed by atoms with E-state index in [2.05, 4.69) is 13.2 Å². The molecular weight excluding hydrogens is 130 g/mol. The fourth-order valence-corrected chi connectivity index (χ4v) is 0.494. The number of carbonyl (C=O) groups excluding carboxylic acids is 1. The molecule has 3 N–H and O–H groups in total. The summed E-state index contributed by atoms with van der Waals surface area (Å²) < 4.78 is 0. The lowest BCUT2D eigenvalue weighted by Crippen LogP contribution is -2.28. The Kier molecular flexibility index (Phi) is 3.43. The Morgan fingerprint density at radius 3 is 2.20 bits per heavy atom. The van der Waals surface area contributed by atoms with Gasteiger partial charge in [-0.25, -0.2) is 0 Å². The van der Waals surface area contributed by atoms with Crippen LogP contribution in [-0.2, 0) is 4.79 Å². The van der Waals surface area contributed by atoms with Gasteiger partial charge in [0.05, 0.1) is 6.10 Å². The Balaban J connectivity index is 4.19. The average molecular weight is 140 g/mol. The molecule has 3 nitrogen and oxygen atoms in total. The Bertz CT molecular complexity index is 154. The molecule has 0 saturated heterocycles. The van der Waals surface area contributed by atoms with Crippen molar-refractivity contribution >= 4 is 5.91 Å². The maximum absolute atomic E-state index is 10.4. The summed E-state index contributed by atoms with van der Waals surface area (Å²) in [6.07, 6.45) is 1.42. The van der Waals surface area contributed by atoms with Crippen molar-refractivity contribution in [1.29, 1.82) is 0 Å². The number of hydrogen-bond donors (Lipinski definition) is 2. The van der Waals surface area contributed by atoms with Gasteiger partial charge in [0.1, 0.15) is 5.92 Å². The molecule has 1 amide bonds.